The molecule has 0 radical (unpaired) electrons. The van der Waals surface area contributed by atoms with Crippen LogP contribution in [-0.2, 0) is 0 Å². The molecule has 0 nitrogen and oxygen atoms in total. The van der Waals surface area contributed by atoms with Crippen LogP contribution in [-0.4, -0.2) is 0 Å². The molecule has 0 atom stereocenters. The van der Waals surface area contributed by atoms with Crippen molar-refractivity contribution < 1.29 is 0 Å². The van der Waals surface area contributed by atoms with Gasteiger partial charge in [-0.3, -0.25) is 0 Å². The second-order valence-corrected chi connectivity index (χ2v) is 2.39. The molecule has 0 heterocycles. The third-order valence-corrected chi connectivity index (χ3v) is 2.16. The summed E-state index contributed by atoms with van der Waals surface area (Å²) < 4.78 is 0. The molecule has 0 N–H and O–H groups in total. The van der Waals surface area contributed by atoms with Crippen molar-refractivity contribution in [3.63, 3.8) is 0 Å². The van der Waals surface area contributed by atoms with Gasteiger partial charge in [0.2, 0.25) is 0 Å². The van der Waals surface area contributed by atoms with Crippen LogP contribution in [0.5, 0.6) is 0 Å². The summed E-state index contributed by atoms with van der Waals surface area (Å²) in [7, 11) is 0. The SMILES string of the molecule is C1C2=C3CC123. The molecule has 0 unspecified atom stereocenters. The molecule has 0 aromatic carbocycles. The second-order valence-electron chi connectivity index (χ2n) is 2.39. The lowest BCUT2D eigenvalue weighted by atomic mass is 10.5. The van der Waals surface area contributed by atoms with Gasteiger partial charge in [0.15, 0.2) is 0 Å². The van der Waals surface area contributed by atoms with E-state index in [4.69, 9.17) is 0 Å². The highest BCUT2D eigenvalue weighted by molar-refractivity contribution is 5.78. The van der Waals surface area contributed by atoms with Crippen molar-refractivity contribution in [3.05, 3.63) is 11.1 Å². The first-order valence-electron chi connectivity index (χ1n) is 2.16. The lowest BCUT2D eigenvalue weighted by Crippen LogP contribution is -1.43. The summed E-state index contributed by atoms with van der Waals surface area (Å²) in [5, 5.41) is 0. The van der Waals surface area contributed by atoms with Crippen molar-refractivity contribution in [1.82, 2.24) is 0 Å². The van der Waals surface area contributed by atoms with E-state index in [0.717, 1.165) is 5.41 Å². The molecule has 5 heavy (non-hydrogen) atoms. The highest BCUT2D eigenvalue weighted by atomic mass is 14.8. The van der Waals surface area contributed by atoms with Crippen LogP contribution in [0.3, 0.4) is 0 Å². The number of allylic oxidation sites excluding steroid dienone is 2. The van der Waals surface area contributed by atoms with Crippen molar-refractivity contribution in [3.8, 4) is 0 Å². The van der Waals surface area contributed by atoms with Crippen LogP contribution in [0.2, 0.25) is 0 Å². The number of rotatable bonds is 0. The van der Waals surface area contributed by atoms with E-state index in [1.807, 2.05) is 11.1 Å². The fourth-order valence-corrected chi connectivity index (χ4v) is 1.28. The third kappa shape index (κ3) is 0.0291. The van der Waals surface area contributed by atoms with E-state index in [2.05, 4.69) is 0 Å². The van der Waals surface area contributed by atoms with Crippen LogP contribution in [0.25, 0.3) is 0 Å². The van der Waals surface area contributed by atoms with Gasteiger partial charge in [0.25, 0.3) is 0 Å². The predicted octanol–water partition coefficient (Wildman–Crippen LogP) is 1.09. The first-order chi connectivity index (χ1) is 2.43. The number of hydrogen-bond donors (Lipinski definition) is 0. The summed E-state index contributed by atoms with van der Waals surface area (Å²) in [6, 6.07) is 0. The van der Waals surface area contributed by atoms with Crippen LogP contribution in [0.1, 0.15) is 12.8 Å². The van der Waals surface area contributed by atoms with Gasteiger partial charge in [0.05, 0.1) is 0 Å². The van der Waals surface area contributed by atoms with Gasteiger partial charge in [-0.15, -0.1) is 0 Å². The predicted molar refractivity (Wildman–Crippen MR) is 18.7 cm³/mol. The second kappa shape index (κ2) is 0.149. The fourth-order valence-electron chi connectivity index (χ4n) is 1.28. The summed E-state index contributed by atoms with van der Waals surface area (Å²) in [5.41, 5.74) is 4.58. The van der Waals surface area contributed by atoms with Crippen molar-refractivity contribution in [1.29, 1.82) is 0 Å². The number of hydrogen-bond acceptors (Lipinski definition) is 0. The van der Waals surface area contributed by atoms with Crippen molar-refractivity contribution in [2.75, 3.05) is 0 Å². The first-order valence-corrected chi connectivity index (χ1v) is 2.16. The summed E-state index contributed by atoms with van der Waals surface area (Å²) in [5.74, 6) is 0. The third-order valence-electron chi connectivity index (χ3n) is 2.16. The van der Waals surface area contributed by atoms with Crippen LogP contribution in [0.4, 0.5) is 0 Å². The van der Waals surface area contributed by atoms with Crippen molar-refractivity contribution in [2.24, 2.45) is 5.41 Å². The van der Waals surface area contributed by atoms with Crippen LogP contribution in [0.15, 0.2) is 11.1 Å². The first kappa shape index (κ1) is 1.46. The summed E-state index contributed by atoms with van der Waals surface area (Å²) in [6.45, 7) is 0. The molecular weight excluding hydrogens is 60.1 g/mol. The quantitative estimate of drug-likeness (QED) is 0.370. The van der Waals surface area contributed by atoms with Crippen LogP contribution in [0, 0.1) is 5.41 Å². The molecule has 3 rings (SSSR count). The van der Waals surface area contributed by atoms with E-state index in [1.54, 1.807) is 0 Å². The molecule has 24 valence electrons. The van der Waals surface area contributed by atoms with Gasteiger partial charge in [-0.2, -0.15) is 0 Å². The Morgan fingerprint density at radius 3 is 1.60 bits per heavy atom. The molecule has 3 aliphatic carbocycles. The highest BCUT2D eigenvalue weighted by Crippen LogP contribution is 2.91. The van der Waals surface area contributed by atoms with Crippen molar-refractivity contribution >= 4 is 0 Å². The standard InChI is InChI=1S/C5H4/c1-3-4-2-5(1,3)4/h1-2H2. The molecule has 0 amide bonds. The minimum Gasteiger partial charge on any atom is -0.0579 e. The maximum Gasteiger partial charge on any atom is 0.0202 e. The zero-order valence-corrected chi connectivity index (χ0v) is 2.91. The molecule has 0 aromatic heterocycles. The van der Waals surface area contributed by atoms with Crippen molar-refractivity contribution in [2.45, 2.75) is 12.8 Å². The Hall–Kier alpha value is -0.260. The Bertz CT molecular complexity index is 133. The smallest absolute Gasteiger partial charge is 0.0202 e. The van der Waals surface area contributed by atoms with E-state index < -0.39 is 0 Å². The minimum absolute atomic E-state index is 0.917. The van der Waals surface area contributed by atoms with Crippen LogP contribution >= 0.6 is 0 Å². The maximum absolute atomic E-state index is 1.83. The molecule has 3 aliphatic rings. The largest absolute Gasteiger partial charge is 0.0579 e. The van der Waals surface area contributed by atoms with Gasteiger partial charge in [-0.25, -0.2) is 0 Å². The van der Waals surface area contributed by atoms with E-state index in [1.165, 1.54) is 12.8 Å². The van der Waals surface area contributed by atoms with Crippen LogP contribution < -0.4 is 0 Å². The summed E-state index contributed by atoms with van der Waals surface area (Å²) in [6.07, 6.45) is 3.00. The zero-order chi connectivity index (χ0) is 3.07. The van der Waals surface area contributed by atoms with E-state index >= 15 is 0 Å². The van der Waals surface area contributed by atoms with Gasteiger partial charge in [-0.1, -0.05) is 11.1 Å². The molecule has 0 saturated heterocycles. The molecule has 0 aliphatic heterocycles. The normalized spacial score (nSPS) is 43.2. The highest BCUT2D eigenvalue weighted by Gasteiger charge is 2.79. The molecule has 2 fully saturated rings. The average molecular weight is 64.1 g/mol. The molecule has 2 saturated carbocycles. The Morgan fingerprint density at radius 1 is 1.20 bits per heavy atom. The van der Waals surface area contributed by atoms with E-state index in [0.29, 0.717) is 0 Å². The Balaban J connectivity index is 2.80. The molecular formula is C5H4. The minimum atomic E-state index is 0.917. The molecule has 0 bridgehead atoms. The topological polar surface area (TPSA) is 0 Å². The zero-order valence-electron chi connectivity index (χ0n) is 2.91. The molecule has 0 aromatic rings. The van der Waals surface area contributed by atoms with E-state index in [9.17, 15) is 0 Å². The Morgan fingerprint density at radius 2 is 1.60 bits per heavy atom. The lowest BCUT2D eigenvalue weighted by Gasteiger charge is -1.48. The summed E-state index contributed by atoms with van der Waals surface area (Å²) in [4.78, 5) is 0. The van der Waals surface area contributed by atoms with E-state index in [-0.39, 0.29) is 0 Å². The fraction of sp³-hybridized carbons (Fsp3) is 0.600. The van der Waals surface area contributed by atoms with Gasteiger partial charge in [0.1, 0.15) is 0 Å². The summed E-state index contributed by atoms with van der Waals surface area (Å²) >= 11 is 0. The Kier molecular flexibility index (Phi) is 0.0434. The molecule has 0 heteroatoms. The van der Waals surface area contributed by atoms with Gasteiger partial charge >= 0.3 is 0 Å². The maximum atomic E-state index is 1.83. The Labute approximate surface area is 30.5 Å². The lowest BCUT2D eigenvalue weighted by molar-refractivity contribution is 1.01. The average Bonchev–Trinajstić information content (AvgIpc) is 2.04. The molecule has 1 spiro atoms. The van der Waals surface area contributed by atoms with Gasteiger partial charge in [0, 0.05) is 5.41 Å². The monoisotopic (exact) mass is 64.0 g/mol. The van der Waals surface area contributed by atoms with Gasteiger partial charge in [-0.05, 0) is 12.8 Å². The van der Waals surface area contributed by atoms with Gasteiger partial charge < -0.3 is 0 Å².